The number of aromatic carboxylic acids is 1. The summed E-state index contributed by atoms with van der Waals surface area (Å²) in [6.07, 6.45) is 4.56. The quantitative estimate of drug-likeness (QED) is 0.875. The van der Waals surface area contributed by atoms with Crippen LogP contribution in [0, 0.1) is 6.92 Å². The van der Waals surface area contributed by atoms with E-state index in [1.807, 2.05) is 0 Å². The van der Waals surface area contributed by atoms with Gasteiger partial charge in [0.25, 0.3) is 0 Å². The summed E-state index contributed by atoms with van der Waals surface area (Å²) >= 11 is 0. The SMILES string of the molecule is Cc1cc(Oc2cnccn2)ccc1C(=O)O. The van der Waals surface area contributed by atoms with Crippen molar-refractivity contribution in [2.24, 2.45) is 0 Å². The lowest BCUT2D eigenvalue weighted by atomic mass is 10.1. The lowest BCUT2D eigenvalue weighted by Gasteiger charge is -2.06. The molecule has 0 saturated carbocycles. The number of hydrogen-bond acceptors (Lipinski definition) is 4. The molecule has 0 unspecified atom stereocenters. The van der Waals surface area contributed by atoms with Crippen molar-refractivity contribution in [1.29, 1.82) is 0 Å². The van der Waals surface area contributed by atoms with Crippen molar-refractivity contribution in [2.45, 2.75) is 6.92 Å². The van der Waals surface area contributed by atoms with Crippen LogP contribution >= 0.6 is 0 Å². The van der Waals surface area contributed by atoms with Gasteiger partial charge in [-0.1, -0.05) is 0 Å². The van der Waals surface area contributed by atoms with E-state index in [-0.39, 0.29) is 5.56 Å². The van der Waals surface area contributed by atoms with Gasteiger partial charge >= 0.3 is 5.97 Å². The van der Waals surface area contributed by atoms with E-state index in [4.69, 9.17) is 9.84 Å². The Kier molecular flexibility index (Phi) is 3.00. The molecule has 2 aromatic rings. The molecule has 5 heteroatoms. The summed E-state index contributed by atoms with van der Waals surface area (Å²) in [4.78, 5) is 18.7. The molecule has 86 valence electrons. The first-order chi connectivity index (χ1) is 8.16. The standard InChI is InChI=1S/C12H10N2O3/c1-8-6-9(2-3-10(8)12(15)16)17-11-7-13-4-5-14-11/h2-7H,1H3,(H,15,16). The molecule has 1 aromatic carbocycles. The molecule has 0 aliphatic rings. The smallest absolute Gasteiger partial charge is 0.335 e. The average Bonchev–Trinajstić information content (AvgIpc) is 2.30. The van der Waals surface area contributed by atoms with E-state index in [1.54, 1.807) is 25.3 Å². The molecule has 0 fully saturated rings. The van der Waals surface area contributed by atoms with Gasteiger partial charge in [0.15, 0.2) is 0 Å². The molecule has 0 aliphatic carbocycles. The van der Waals surface area contributed by atoms with Crippen LogP contribution in [0.4, 0.5) is 0 Å². The minimum Gasteiger partial charge on any atom is -0.478 e. The highest BCUT2D eigenvalue weighted by molar-refractivity contribution is 5.89. The van der Waals surface area contributed by atoms with Gasteiger partial charge in [-0.2, -0.15) is 0 Å². The van der Waals surface area contributed by atoms with Crippen molar-refractivity contribution < 1.29 is 14.6 Å². The molecule has 1 aromatic heterocycles. The first kappa shape index (κ1) is 11.1. The van der Waals surface area contributed by atoms with Crippen LogP contribution < -0.4 is 4.74 Å². The van der Waals surface area contributed by atoms with Gasteiger partial charge < -0.3 is 9.84 Å². The van der Waals surface area contributed by atoms with Crippen molar-refractivity contribution in [3.05, 3.63) is 47.9 Å². The van der Waals surface area contributed by atoms with Gasteiger partial charge in [-0.3, -0.25) is 4.98 Å². The Balaban J connectivity index is 2.24. The third-order valence-corrected chi connectivity index (χ3v) is 2.19. The Hall–Kier alpha value is -2.43. The summed E-state index contributed by atoms with van der Waals surface area (Å²) in [6.45, 7) is 1.72. The molecule has 17 heavy (non-hydrogen) atoms. The fourth-order valence-electron chi connectivity index (χ4n) is 1.40. The molecular weight excluding hydrogens is 220 g/mol. The van der Waals surface area contributed by atoms with Crippen molar-refractivity contribution in [3.63, 3.8) is 0 Å². The minimum absolute atomic E-state index is 0.261. The number of benzene rings is 1. The van der Waals surface area contributed by atoms with Crippen LogP contribution in [0.1, 0.15) is 15.9 Å². The van der Waals surface area contributed by atoms with E-state index in [2.05, 4.69) is 9.97 Å². The molecular formula is C12H10N2O3. The highest BCUT2D eigenvalue weighted by Crippen LogP contribution is 2.21. The summed E-state index contributed by atoms with van der Waals surface area (Å²) in [5.74, 6) is -0.0449. The van der Waals surface area contributed by atoms with Gasteiger partial charge in [-0.25, -0.2) is 9.78 Å². The van der Waals surface area contributed by atoms with Gasteiger partial charge in [-0.05, 0) is 30.7 Å². The molecule has 1 heterocycles. The van der Waals surface area contributed by atoms with E-state index in [1.165, 1.54) is 18.5 Å². The topological polar surface area (TPSA) is 72.3 Å². The second-order valence-corrected chi connectivity index (χ2v) is 3.43. The van der Waals surface area contributed by atoms with Crippen LogP contribution in [0.3, 0.4) is 0 Å². The third kappa shape index (κ3) is 2.57. The molecule has 2 rings (SSSR count). The second-order valence-electron chi connectivity index (χ2n) is 3.43. The number of carboxylic acids is 1. The maximum Gasteiger partial charge on any atom is 0.335 e. The van der Waals surface area contributed by atoms with Crippen LogP contribution in [-0.2, 0) is 0 Å². The highest BCUT2D eigenvalue weighted by atomic mass is 16.5. The van der Waals surface area contributed by atoms with Crippen molar-refractivity contribution >= 4 is 5.97 Å². The average molecular weight is 230 g/mol. The van der Waals surface area contributed by atoms with Gasteiger partial charge in [0.05, 0.1) is 11.8 Å². The zero-order valence-corrected chi connectivity index (χ0v) is 9.12. The summed E-state index contributed by atoms with van der Waals surface area (Å²) in [6, 6.07) is 4.74. The normalized spacial score (nSPS) is 9.94. The van der Waals surface area contributed by atoms with E-state index >= 15 is 0 Å². The predicted molar refractivity (Wildman–Crippen MR) is 60.2 cm³/mol. The van der Waals surface area contributed by atoms with Crippen LogP contribution in [0.25, 0.3) is 0 Å². The zero-order chi connectivity index (χ0) is 12.3. The molecule has 0 saturated heterocycles. The van der Waals surface area contributed by atoms with Crippen LogP contribution in [0.2, 0.25) is 0 Å². The number of carboxylic acid groups (broad SMARTS) is 1. The number of ether oxygens (including phenoxy) is 1. The number of carbonyl (C=O) groups is 1. The van der Waals surface area contributed by atoms with Crippen molar-refractivity contribution in [1.82, 2.24) is 9.97 Å². The first-order valence-electron chi connectivity index (χ1n) is 4.94. The largest absolute Gasteiger partial charge is 0.478 e. The summed E-state index contributed by atoms with van der Waals surface area (Å²) in [7, 11) is 0. The Bertz CT molecular complexity index is 541. The van der Waals surface area contributed by atoms with E-state index in [0.717, 1.165) is 0 Å². The van der Waals surface area contributed by atoms with Gasteiger partial charge in [-0.15, -0.1) is 0 Å². The Morgan fingerprint density at radius 2 is 2.18 bits per heavy atom. The number of rotatable bonds is 3. The summed E-state index contributed by atoms with van der Waals surface area (Å²) in [5, 5.41) is 8.88. The minimum atomic E-state index is -0.950. The lowest BCUT2D eigenvalue weighted by Crippen LogP contribution is -1.99. The van der Waals surface area contributed by atoms with E-state index in [0.29, 0.717) is 17.2 Å². The van der Waals surface area contributed by atoms with E-state index < -0.39 is 5.97 Å². The van der Waals surface area contributed by atoms with Gasteiger partial charge in [0.2, 0.25) is 5.88 Å². The molecule has 5 nitrogen and oxygen atoms in total. The van der Waals surface area contributed by atoms with Crippen LogP contribution in [0.5, 0.6) is 11.6 Å². The summed E-state index contributed by atoms with van der Waals surface area (Å²) in [5.41, 5.74) is 0.899. The Morgan fingerprint density at radius 1 is 1.35 bits per heavy atom. The number of aryl methyl sites for hydroxylation is 1. The monoisotopic (exact) mass is 230 g/mol. The first-order valence-corrected chi connectivity index (χ1v) is 4.94. The maximum absolute atomic E-state index is 10.8. The summed E-state index contributed by atoms with van der Waals surface area (Å²) < 4.78 is 5.43. The maximum atomic E-state index is 10.8. The number of nitrogens with zero attached hydrogens (tertiary/aromatic N) is 2. The van der Waals surface area contributed by atoms with Crippen LogP contribution in [0.15, 0.2) is 36.8 Å². The number of hydrogen-bond donors (Lipinski definition) is 1. The van der Waals surface area contributed by atoms with Gasteiger partial charge in [0.1, 0.15) is 5.75 Å². The fourth-order valence-corrected chi connectivity index (χ4v) is 1.40. The van der Waals surface area contributed by atoms with Crippen molar-refractivity contribution in [3.8, 4) is 11.6 Å². The molecule has 0 bridgehead atoms. The second kappa shape index (κ2) is 4.61. The Labute approximate surface area is 97.7 Å². The molecule has 0 radical (unpaired) electrons. The molecule has 0 aliphatic heterocycles. The molecule has 0 spiro atoms. The molecule has 0 atom stereocenters. The molecule has 1 N–H and O–H groups in total. The van der Waals surface area contributed by atoms with Crippen LogP contribution in [-0.4, -0.2) is 21.0 Å². The fraction of sp³-hybridized carbons (Fsp3) is 0.0833. The zero-order valence-electron chi connectivity index (χ0n) is 9.12. The molecule has 0 amide bonds. The Morgan fingerprint density at radius 3 is 2.76 bits per heavy atom. The van der Waals surface area contributed by atoms with Gasteiger partial charge in [0, 0.05) is 12.4 Å². The van der Waals surface area contributed by atoms with Crippen molar-refractivity contribution in [2.75, 3.05) is 0 Å². The predicted octanol–water partition coefficient (Wildman–Crippen LogP) is 2.28. The lowest BCUT2D eigenvalue weighted by molar-refractivity contribution is 0.0696. The third-order valence-electron chi connectivity index (χ3n) is 2.19. The van der Waals surface area contributed by atoms with E-state index in [9.17, 15) is 4.79 Å². The number of aromatic nitrogens is 2. The highest BCUT2D eigenvalue weighted by Gasteiger charge is 2.08.